The van der Waals surface area contributed by atoms with Gasteiger partial charge in [0.2, 0.25) is 0 Å². The second-order valence-corrected chi connectivity index (χ2v) is 4.54. The van der Waals surface area contributed by atoms with Crippen LogP contribution in [0.4, 0.5) is 0 Å². The number of hydrogen-bond acceptors (Lipinski definition) is 0. The first-order valence-corrected chi connectivity index (χ1v) is 9.33. The van der Waals surface area contributed by atoms with Crippen molar-refractivity contribution in [3.8, 4) is 226 Å². The molecule has 154 valence electrons. The molecule has 0 heterocycles. The molecule has 0 aliphatic rings. The van der Waals surface area contributed by atoms with Crippen LogP contribution in [0.2, 0.25) is 0 Å². The molecule has 0 N–H and O–H groups in total. The van der Waals surface area contributed by atoms with E-state index in [1.54, 1.807) is 0 Å². The highest BCUT2D eigenvalue weighted by Crippen LogP contribution is 1.60. The van der Waals surface area contributed by atoms with Gasteiger partial charge in [-0.25, -0.2) is 0 Å². The third-order valence-corrected chi connectivity index (χ3v) is 2.21. The minimum Gasteiger partial charge on any atom is -0.106 e. The van der Waals surface area contributed by atoms with Crippen LogP contribution < -0.4 is 0 Å². The van der Waals surface area contributed by atoms with Gasteiger partial charge in [0, 0.05) is 118 Å². The van der Waals surface area contributed by atoms with Crippen LogP contribution in [0.25, 0.3) is 0 Å². The first-order valence-electron chi connectivity index (χ1n) is 9.33. The van der Waals surface area contributed by atoms with Crippen molar-refractivity contribution < 1.29 is 0 Å². The van der Waals surface area contributed by atoms with Crippen LogP contribution in [0, 0.1) is 226 Å². The Bertz CT molecular complexity index is 2010. The summed E-state index contributed by atoms with van der Waals surface area (Å²) in [5.41, 5.74) is 0. The minimum absolute atomic E-state index is 2.12. The van der Waals surface area contributed by atoms with Gasteiger partial charge in [-0.3, -0.25) is 0 Å². The summed E-state index contributed by atoms with van der Waals surface area (Å²) in [6.07, 6.45) is 9.85. The molecule has 0 rings (SSSR count). The Balaban J connectivity index is 4.51. The maximum Gasteiger partial charge on any atom is 0 e. The lowest BCUT2D eigenvalue weighted by Gasteiger charge is -1.57. The molecule has 0 saturated carbocycles. The van der Waals surface area contributed by atoms with Crippen LogP contribution in [0.1, 0.15) is 0 Å². The molecule has 0 aromatic carbocycles. The average Bonchev–Trinajstić information content (AvgIpc) is 2.93. The molecule has 0 amide bonds. The zero-order valence-corrected chi connectivity index (χ0v) is 19.2. The molecule has 0 aliphatic heterocycles. The summed E-state index contributed by atoms with van der Waals surface area (Å²) in [5, 5.41) is 0. The Kier molecular flexibility index (Phi) is 22.3. The average molecular weight is 458 g/mol. The highest BCUT2D eigenvalue weighted by atomic mass is 13.6. The van der Waals surface area contributed by atoms with Crippen LogP contribution in [0.5, 0.6) is 0 Å². The van der Waals surface area contributed by atoms with E-state index in [9.17, 15) is 0 Å². The van der Waals surface area contributed by atoms with Crippen molar-refractivity contribution in [2.45, 2.75) is 0 Å². The van der Waals surface area contributed by atoms with E-state index in [-0.39, 0.29) is 0 Å². The predicted octanol–water partition coefficient (Wildman–Crippen LogP) is 0.311. The highest BCUT2D eigenvalue weighted by molar-refractivity contribution is 5.49. The molecule has 0 radical (unpaired) electrons. The van der Waals surface area contributed by atoms with E-state index < -0.39 is 0 Å². The van der Waals surface area contributed by atoms with Crippen molar-refractivity contribution in [1.29, 1.82) is 0 Å². The Morgan fingerprint density at radius 3 is 0.289 bits per heavy atom. The van der Waals surface area contributed by atoms with Gasteiger partial charge in [0.15, 0.2) is 0 Å². The van der Waals surface area contributed by atoms with Crippen LogP contribution in [-0.4, -0.2) is 0 Å². The third kappa shape index (κ3) is 27.6. The van der Waals surface area contributed by atoms with Gasteiger partial charge in [0.25, 0.3) is 0 Å². The van der Waals surface area contributed by atoms with Crippen molar-refractivity contribution >= 4 is 0 Å². The molecule has 0 spiro atoms. The van der Waals surface area contributed by atoms with E-state index >= 15 is 0 Å². The molecule has 0 atom stereocenters. The zero-order valence-electron chi connectivity index (χ0n) is 19.2. The van der Waals surface area contributed by atoms with Gasteiger partial charge in [-0.05, 0) is 94.7 Å². The Hall–Kier alpha value is -8.36. The van der Waals surface area contributed by atoms with Gasteiger partial charge in [-0.2, -0.15) is 0 Å². The topological polar surface area (TPSA) is 0 Å². The molecule has 0 aromatic heterocycles. The minimum atomic E-state index is 2.12. The van der Waals surface area contributed by atoms with E-state index in [2.05, 4.69) is 213 Å². The Labute approximate surface area is 225 Å². The second kappa shape index (κ2) is 28.6. The third-order valence-electron chi connectivity index (χ3n) is 2.21. The van der Waals surface area contributed by atoms with E-state index in [0.717, 1.165) is 0 Å². The molecule has 0 fully saturated rings. The maximum absolute atomic E-state index is 4.93. The molecule has 0 heteroatoms. The monoisotopic (exact) mass is 458 g/mol. The maximum atomic E-state index is 4.93. The van der Waals surface area contributed by atoms with Crippen LogP contribution in [0.3, 0.4) is 0 Å². The predicted molar refractivity (Wildman–Crippen MR) is 150 cm³/mol. The van der Waals surface area contributed by atoms with Crippen LogP contribution in [0.15, 0.2) is 0 Å². The largest absolute Gasteiger partial charge is 0.106 e. The summed E-state index contributed by atoms with van der Waals surface area (Å²) in [4.78, 5) is 0. The number of hydrogen-bond donors (Lipinski definition) is 0. The van der Waals surface area contributed by atoms with E-state index in [0.29, 0.717) is 0 Å². The first-order chi connectivity index (χ1) is 18.9. The summed E-state index contributed by atoms with van der Waals surface area (Å²) in [5.74, 6) is 88.1. The van der Waals surface area contributed by atoms with Gasteiger partial charge in [0.05, 0.1) is 0 Å². The fourth-order valence-corrected chi connectivity index (χ4v) is 1.07. The van der Waals surface area contributed by atoms with Gasteiger partial charge < -0.3 is 0 Å². The molecule has 0 aromatic rings. The fourth-order valence-electron chi connectivity index (χ4n) is 1.07. The van der Waals surface area contributed by atoms with Gasteiger partial charge >= 0.3 is 0 Å². The van der Waals surface area contributed by atoms with Crippen LogP contribution in [-0.2, 0) is 0 Å². The zero-order chi connectivity index (χ0) is 27.5. The van der Waals surface area contributed by atoms with Gasteiger partial charge in [0.1, 0.15) is 0 Å². The number of rotatable bonds is 0. The lowest BCUT2D eigenvalue weighted by atomic mass is 10.4. The molecule has 38 heavy (non-hydrogen) atoms. The molecule has 0 aliphatic carbocycles. The first kappa shape index (κ1) is 29.6. The molecular formula is C38H2. The van der Waals surface area contributed by atoms with E-state index in [1.165, 1.54) is 0 Å². The van der Waals surface area contributed by atoms with Crippen molar-refractivity contribution in [1.82, 2.24) is 0 Å². The molecule has 0 nitrogen and oxygen atoms in total. The molecule has 0 unspecified atom stereocenters. The summed E-state index contributed by atoms with van der Waals surface area (Å²) in [7, 11) is 0. The van der Waals surface area contributed by atoms with Crippen molar-refractivity contribution in [3.63, 3.8) is 0 Å². The summed E-state index contributed by atoms with van der Waals surface area (Å²) in [6.45, 7) is 0. The SMILES string of the molecule is C#CC#CC#CC#CC#CC#CC#CC#CC#CC#CC#CC#CC#CC#CC#CC#CC#CC#CC#C. The smallest absolute Gasteiger partial charge is 0 e. The Morgan fingerprint density at radius 1 is 0.132 bits per heavy atom. The fraction of sp³-hybridized carbons (Fsp3) is 0. The second-order valence-electron chi connectivity index (χ2n) is 4.54. The molecular weight excluding hydrogens is 456 g/mol. The lowest BCUT2D eigenvalue weighted by molar-refractivity contribution is 2.32. The lowest BCUT2D eigenvalue weighted by Crippen LogP contribution is -1.57. The molecule has 0 bridgehead atoms. The van der Waals surface area contributed by atoms with Crippen LogP contribution >= 0.6 is 0 Å². The number of terminal acetylenes is 2. The normalized spacial score (nSPS) is 3.84. The van der Waals surface area contributed by atoms with Crippen molar-refractivity contribution in [3.05, 3.63) is 0 Å². The standard InChI is InChI=1S/C38H2/c1-3-5-7-9-11-13-15-17-19-21-23-25-27-29-31-33-35-37-38-36-34-32-30-28-26-24-22-20-18-16-14-12-10-8-6-4-2/h1-2H. The van der Waals surface area contributed by atoms with Gasteiger partial charge in [-0.1, -0.05) is 0 Å². The highest BCUT2D eigenvalue weighted by Gasteiger charge is 1.60. The summed E-state index contributed by atoms with van der Waals surface area (Å²) >= 11 is 0. The van der Waals surface area contributed by atoms with E-state index in [4.69, 9.17) is 12.8 Å². The van der Waals surface area contributed by atoms with Crippen molar-refractivity contribution in [2.75, 3.05) is 0 Å². The van der Waals surface area contributed by atoms with Crippen molar-refractivity contribution in [2.24, 2.45) is 0 Å². The quantitative estimate of drug-likeness (QED) is 0.459. The Morgan fingerprint density at radius 2 is 0.211 bits per heavy atom. The van der Waals surface area contributed by atoms with Gasteiger partial charge in [-0.15, -0.1) is 12.8 Å². The van der Waals surface area contributed by atoms with E-state index in [1.807, 2.05) is 0 Å². The summed E-state index contributed by atoms with van der Waals surface area (Å²) in [6, 6.07) is 0. The summed E-state index contributed by atoms with van der Waals surface area (Å²) < 4.78 is 0. The molecule has 0 saturated heterocycles.